The summed E-state index contributed by atoms with van der Waals surface area (Å²) in [5.41, 5.74) is -14.8. The van der Waals surface area contributed by atoms with Gasteiger partial charge in [0.15, 0.2) is 0 Å². The fourth-order valence-electron chi connectivity index (χ4n) is 2.37. The Hall–Kier alpha value is -1.22. The first kappa shape index (κ1) is 31.0. The average molecular weight is 820 g/mol. The van der Waals surface area contributed by atoms with Crippen molar-refractivity contribution in [3.8, 4) is 0 Å². The van der Waals surface area contributed by atoms with E-state index in [1.54, 1.807) is 0 Å². The SMILES string of the molecule is O=C(C(=O)N(c1ccc(Br)cc1Br)S(=O)(=O)C(F)(F)F)N(c1ccc(Br)cc1Br)S(=O)(=O)C(F)(F)F. The minimum absolute atomic E-state index is 0.154. The molecular formula is C16H6Br4F6N2O6S2. The van der Waals surface area contributed by atoms with Crippen molar-refractivity contribution < 1.29 is 52.8 Å². The summed E-state index contributed by atoms with van der Waals surface area (Å²) in [5, 5.41) is 0. The molecule has 0 fully saturated rings. The van der Waals surface area contributed by atoms with E-state index >= 15 is 0 Å². The second-order valence-electron chi connectivity index (χ2n) is 6.23. The van der Waals surface area contributed by atoms with Crippen molar-refractivity contribution in [2.75, 3.05) is 8.61 Å². The predicted molar refractivity (Wildman–Crippen MR) is 129 cm³/mol. The first-order chi connectivity index (χ1) is 16.1. The first-order valence-electron chi connectivity index (χ1n) is 8.36. The maximum atomic E-state index is 13.4. The van der Waals surface area contributed by atoms with E-state index in [1.807, 2.05) is 0 Å². The van der Waals surface area contributed by atoms with Crippen LogP contribution in [0.2, 0.25) is 0 Å². The summed E-state index contributed by atoms with van der Waals surface area (Å²) < 4.78 is 126. The number of hydrogen-bond acceptors (Lipinski definition) is 6. The number of alkyl halides is 6. The van der Waals surface area contributed by atoms with Gasteiger partial charge >= 0.3 is 42.9 Å². The number of amides is 2. The number of halogens is 10. The third kappa shape index (κ3) is 5.92. The molecule has 0 atom stereocenters. The lowest BCUT2D eigenvalue weighted by Gasteiger charge is -2.28. The van der Waals surface area contributed by atoms with Crippen LogP contribution < -0.4 is 8.61 Å². The molecule has 0 spiro atoms. The smallest absolute Gasteiger partial charge is 0.262 e. The highest BCUT2D eigenvalue weighted by Crippen LogP contribution is 2.39. The Morgan fingerprint density at radius 1 is 0.611 bits per heavy atom. The zero-order chi connectivity index (χ0) is 28.0. The van der Waals surface area contributed by atoms with Crippen LogP contribution >= 0.6 is 63.7 Å². The Labute approximate surface area is 232 Å². The van der Waals surface area contributed by atoms with Gasteiger partial charge in [-0.1, -0.05) is 31.9 Å². The molecule has 8 nitrogen and oxygen atoms in total. The van der Waals surface area contributed by atoms with E-state index in [9.17, 15) is 52.8 Å². The zero-order valence-corrected chi connectivity index (χ0v) is 24.4. The summed E-state index contributed by atoms with van der Waals surface area (Å²) in [6.07, 6.45) is 0. The zero-order valence-electron chi connectivity index (χ0n) is 16.4. The van der Waals surface area contributed by atoms with Gasteiger partial charge in [-0.2, -0.15) is 51.8 Å². The minimum atomic E-state index is -6.79. The molecule has 0 aliphatic rings. The molecule has 0 aliphatic carbocycles. The van der Waals surface area contributed by atoms with Crippen LogP contribution in [0, 0.1) is 0 Å². The van der Waals surface area contributed by atoms with Crippen LogP contribution in [0.5, 0.6) is 0 Å². The fourth-order valence-corrected chi connectivity index (χ4v) is 6.90. The van der Waals surface area contributed by atoms with Gasteiger partial charge in [-0.3, -0.25) is 9.59 Å². The van der Waals surface area contributed by atoms with Crippen molar-refractivity contribution in [3.05, 3.63) is 54.3 Å². The number of carbonyl (C=O) groups excluding carboxylic acids is 2. The van der Waals surface area contributed by atoms with Crippen molar-refractivity contribution >= 4 is 107 Å². The summed E-state index contributed by atoms with van der Waals surface area (Å²) >= 11 is 11.3. The molecule has 0 aromatic heterocycles. The van der Waals surface area contributed by atoms with E-state index in [-0.39, 0.29) is 8.95 Å². The highest BCUT2D eigenvalue weighted by atomic mass is 79.9. The molecule has 0 bridgehead atoms. The fraction of sp³-hybridized carbons (Fsp3) is 0.125. The van der Waals surface area contributed by atoms with Gasteiger partial charge in [-0.15, -0.1) is 0 Å². The van der Waals surface area contributed by atoms with Crippen molar-refractivity contribution in [1.29, 1.82) is 0 Å². The van der Waals surface area contributed by atoms with Crippen LogP contribution in [0.25, 0.3) is 0 Å². The molecule has 2 aromatic carbocycles. The Bertz CT molecular complexity index is 1340. The third-order valence-electron chi connectivity index (χ3n) is 3.87. The number of benzene rings is 2. The lowest BCUT2D eigenvalue weighted by atomic mass is 10.3. The normalized spacial score (nSPS) is 12.8. The second-order valence-corrected chi connectivity index (χ2v) is 13.3. The lowest BCUT2D eigenvalue weighted by molar-refractivity contribution is -0.135. The van der Waals surface area contributed by atoms with E-state index in [0.717, 1.165) is 24.3 Å². The monoisotopic (exact) mass is 816 g/mol. The Morgan fingerprint density at radius 2 is 0.889 bits per heavy atom. The molecule has 2 aromatic rings. The minimum Gasteiger partial charge on any atom is -0.262 e. The Balaban J connectivity index is 2.89. The lowest BCUT2D eigenvalue weighted by Crippen LogP contribution is -2.55. The van der Waals surface area contributed by atoms with Gasteiger partial charge in [-0.05, 0) is 68.3 Å². The number of nitrogens with zero attached hydrogens (tertiary/aromatic N) is 2. The molecule has 0 radical (unpaired) electrons. The first-order valence-corrected chi connectivity index (χ1v) is 14.4. The number of hydrogen-bond donors (Lipinski definition) is 0. The number of carbonyl (C=O) groups is 2. The molecule has 36 heavy (non-hydrogen) atoms. The molecule has 0 aliphatic heterocycles. The van der Waals surface area contributed by atoms with Crippen LogP contribution in [-0.2, 0) is 29.6 Å². The molecule has 2 amide bonds. The Morgan fingerprint density at radius 3 is 1.11 bits per heavy atom. The number of sulfonamides is 2. The topological polar surface area (TPSA) is 109 Å². The van der Waals surface area contributed by atoms with Gasteiger partial charge in [-0.25, -0.2) is 0 Å². The summed E-state index contributed by atoms with van der Waals surface area (Å²) in [7, 11) is -13.6. The maximum Gasteiger partial charge on any atom is 0.517 e. The van der Waals surface area contributed by atoms with Gasteiger partial charge < -0.3 is 0 Å². The molecule has 0 heterocycles. The average Bonchev–Trinajstić information content (AvgIpc) is 2.69. The van der Waals surface area contributed by atoms with Gasteiger partial charge in [0.25, 0.3) is 0 Å². The molecule has 0 saturated carbocycles. The highest BCUT2D eigenvalue weighted by molar-refractivity contribution is 9.11. The number of anilines is 2. The molecule has 2 rings (SSSR count). The molecule has 0 N–H and O–H groups in total. The quantitative estimate of drug-likeness (QED) is 0.285. The second kappa shape index (κ2) is 10.5. The molecule has 20 heteroatoms. The van der Waals surface area contributed by atoms with E-state index in [4.69, 9.17) is 0 Å². The summed E-state index contributed by atoms with van der Waals surface area (Å²) in [5.74, 6) is -5.56. The highest BCUT2D eigenvalue weighted by Gasteiger charge is 2.58. The van der Waals surface area contributed by atoms with E-state index < -0.39 is 71.8 Å². The summed E-state index contributed by atoms with van der Waals surface area (Å²) in [6.45, 7) is 0. The van der Waals surface area contributed by atoms with Crippen LogP contribution in [0.4, 0.5) is 37.7 Å². The van der Waals surface area contributed by atoms with Crippen molar-refractivity contribution in [1.82, 2.24) is 0 Å². The third-order valence-corrected chi connectivity index (χ3v) is 8.99. The summed E-state index contributed by atoms with van der Waals surface area (Å²) in [6, 6.07) is 5.04. The van der Waals surface area contributed by atoms with Crippen LogP contribution in [0.15, 0.2) is 54.3 Å². The van der Waals surface area contributed by atoms with Crippen molar-refractivity contribution in [2.45, 2.75) is 11.0 Å². The van der Waals surface area contributed by atoms with Crippen molar-refractivity contribution in [2.24, 2.45) is 0 Å². The Kier molecular flexibility index (Phi) is 9.05. The summed E-state index contributed by atoms with van der Waals surface area (Å²) in [4.78, 5) is 25.8. The standard InChI is InChI=1S/C16H6Br4F6N2O6S2/c17-7-1-3-11(9(19)5-7)27(35(31,32)15(21,22)23)13(29)14(30)28(36(33,34)16(24,25)26)12-4-2-8(18)6-10(12)20/h1-6H. The largest absolute Gasteiger partial charge is 0.517 e. The molecule has 0 saturated heterocycles. The van der Waals surface area contributed by atoms with Crippen LogP contribution in [-0.4, -0.2) is 39.7 Å². The maximum absolute atomic E-state index is 13.4. The van der Waals surface area contributed by atoms with Crippen LogP contribution in [0.3, 0.4) is 0 Å². The van der Waals surface area contributed by atoms with E-state index in [2.05, 4.69) is 63.7 Å². The van der Waals surface area contributed by atoms with E-state index in [1.165, 1.54) is 0 Å². The predicted octanol–water partition coefficient (Wildman–Crippen LogP) is 5.80. The molecule has 198 valence electrons. The van der Waals surface area contributed by atoms with Gasteiger partial charge in [0, 0.05) is 17.9 Å². The van der Waals surface area contributed by atoms with Gasteiger partial charge in [0.1, 0.15) is 0 Å². The number of rotatable bonds is 4. The van der Waals surface area contributed by atoms with Gasteiger partial charge in [0.05, 0.1) is 11.4 Å². The van der Waals surface area contributed by atoms with Gasteiger partial charge in [0.2, 0.25) is 0 Å². The molecular weight excluding hydrogens is 814 g/mol. The van der Waals surface area contributed by atoms with Crippen LogP contribution in [0.1, 0.15) is 0 Å². The molecule has 0 unspecified atom stereocenters. The van der Waals surface area contributed by atoms with E-state index in [0.29, 0.717) is 12.1 Å². The van der Waals surface area contributed by atoms with Crippen molar-refractivity contribution in [3.63, 3.8) is 0 Å².